The van der Waals surface area contributed by atoms with Crippen molar-refractivity contribution in [1.82, 2.24) is 4.98 Å². The van der Waals surface area contributed by atoms with Crippen LogP contribution in [-0.4, -0.2) is 31.3 Å². The number of hydrogen-bond acceptors (Lipinski definition) is 4. The number of nitrogens with zero attached hydrogens (tertiary/aromatic N) is 2. The van der Waals surface area contributed by atoms with E-state index in [9.17, 15) is 0 Å². The second-order valence-corrected chi connectivity index (χ2v) is 5.22. The third kappa shape index (κ3) is 2.72. The minimum absolute atomic E-state index is 0.633. The van der Waals surface area contributed by atoms with Crippen molar-refractivity contribution in [3.05, 3.63) is 42.0 Å². The molecule has 4 nitrogen and oxygen atoms in total. The van der Waals surface area contributed by atoms with Crippen LogP contribution < -0.4 is 10.6 Å². The summed E-state index contributed by atoms with van der Waals surface area (Å²) in [6.07, 6.45) is 4.98. The number of nitrogen functional groups attached to an aromatic ring is 1. The molecule has 0 aliphatic carbocycles. The number of aromatic nitrogens is 1. The Hall–Kier alpha value is -2.07. The highest BCUT2D eigenvalue weighted by atomic mass is 16.5. The molecule has 0 saturated carbocycles. The molecule has 0 spiro atoms. The number of rotatable bonds is 3. The molecule has 1 aromatic carbocycles. The van der Waals surface area contributed by atoms with Crippen molar-refractivity contribution in [3.63, 3.8) is 0 Å². The summed E-state index contributed by atoms with van der Waals surface area (Å²) < 4.78 is 5.43. The van der Waals surface area contributed by atoms with E-state index in [1.54, 1.807) is 0 Å². The summed E-state index contributed by atoms with van der Waals surface area (Å²) in [6, 6.07) is 8.38. The van der Waals surface area contributed by atoms with Crippen LogP contribution in [-0.2, 0) is 11.2 Å². The lowest BCUT2D eigenvalue weighted by Crippen LogP contribution is -2.37. The van der Waals surface area contributed by atoms with E-state index in [1.807, 2.05) is 13.0 Å². The second-order valence-electron chi connectivity index (χ2n) is 5.22. The van der Waals surface area contributed by atoms with E-state index in [1.165, 1.54) is 10.8 Å². The molecule has 0 unspecified atom stereocenters. The van der Waals surface area contributed by atoms with E-state index in [0.29, 0.717) is 5.82 Å². The lowest BCUT2D eigenvalue weighted by atomic mass is 10.0. The Bertz CT molecular complexity index is 660. The van der Waals surface area contributed by atoms with E-state index < -0.39 is 0 Å². The number of ether oxygens (including phenoxy) is 1. The van der Waals surface area contributed by atoms with Gasteiger partial charge in [0.1, 0.15) is 11.6 Å². The number of pyridine rings is 1. The second kappa shape index (κ2) is 6.14. The third-order valence-electron chi connectivity index (χ3n) is 3.90. The number of nitrogens with two attached hydrogens (primary N) is 1. The van der Waals surface area contributed by atoms with Crippen LogP contribution >= 0.6 is 0 Å². The highest BCUT2D eigenvalue weighted by Crippen LogP contribution is 2.31. The normalized spacial score (nSPS) is 16.0. The number of benzene rings is 1. The maximum absolute atomic E-state index is 6.23. The minimum Gasteiger partial charge on any atom is -0.383 e. The fourth-order valence-electron chi connectivity index (χ4n) is 2.79. The first kappa shape index (κ1) is 13.9. The van der Waals surface area contributed by atoms with Crippen molar-refractivity contribution in [1.29, 1.82) is 0 Å². The lowest BCUT2D eigenvalue weighted by molar-refractivity contribution is 0.122. The lowest BCUT2D eigenvalue weighted by Gasteiger charge is -2.29. The SMILES string of the molecule is C/C=C/Cc1c(N)nc(N2CCOCC2)c2ccccc12. The Balaban J connectivity index is 2.13. The Kier molecular flexibility index (Phi) is 4.06. The average molecular weight is 283 g/mol. The molecule has 1 aliphatic rings. The molecule has 2 aromatic rings. The van der Waals surface area contributed by atoms with Gasteiger partial charge < -0.3 is 15.4 Å². The van der Waals surface area contributed by atoms with E-state index in [2.05, 4.69) is 35.2 Å². The molecule has 0 radical (unpaired) electrons. The Morgan fingerprint density at radius 2 is 1.95 bits per heavy atom. The molecular formula is C17H21N3O. The van der Waals surface area contributed by atoms with Crippen molar-refractivity contribution >= 4 is 22.4 Å². The van der Waals surface area contributed by atoms with E-state index in [0.717, 1.165) is 44.1 Å². The van der Waals surface area contributed by atoms with Gasteiger partial charge in [0.05, 0.1) is 13.2 Å². The van der Waals surface area contributed by atoms with E-state index in [-0.39, 0.29) is 0 Å². The Morgan fingerprint density at radius 1 is 1.24 bits per heavy atom. The topological polar surface area (TPSA) is 51.4 Å². The minimum atomic E-state index is 0.633. The molecule has 4 heteroatoms. The molecule has 3 rings (SSSR count). The Labute approximate surface area is 125 Å². The molecule has 1 fully saturated rings. The van der Waals surface area contributed by atoms with Gasteiger partial charge in [0.15, 0.2) is 0 Å². The molecule has 0 bridgehead atoms. The van der Waals surface area contributed by atoms with Gasteiger partial charge in [-0.25, -0.2) is 4.98 Å². The van der Waals surface area contributed by atoms with E-state index >= 15 is 0 Å². The molecule has 2 heterocycles. The quantitative estimate of drug-likeness (QED) is 0.880. The van der Waals surface area contributed by atoms with Gasteiger partial charge in [-0.1, -0.05) is 36.4 Å². The van der Waals surface area contributed by atoms with Gasteiger partial charge in [-0.15, -0.1) is 0 Å². The largest absolute Gasteiger partial charge is 0.383 e. The van der Waals surface area contributed by atoms with Gasteiger partial charge >= 0.3 is 0 Å². The highest BCUT2D eigenvalue weighted by Gasteiger charge is 2.18. The summed E-state index contributed by atoms with van der Waals surface area (Å²) in [5, 5.41) is 2.37. The van der Waals surface area contributed by atoms with E-state index in [4.69, 9.17) is 15.5 Å². The molecule has 0 amide bonds. The summed E-state index contributed by atoms with van der Waals surface area (Å²) in [5.41, 5.74) is 7.34. The molecule has 1 saturated heterocycles. The summed E-state index contributed by atoms with van der Waals surface area (Å²) in [4.78, 5) is 6.96. The van der Waals surface area contributed by atoms with Gasteiger partial charge in [0, 0.05) is 24.0 Å². The van der Waals surface area contributed by atoms with Crippen LogP contribution in [0.2, 0.25) is 0 Å². The molecular weight excluding hydrogens is 262 g/mol. The fourth-order valence-corrected chi connectivity index (χ4v) is 2.79. The van der Waals surface area contributed by atoms with Crippen molar-refractivity contribution < 1.29 is 4.74 Å². The molecule has 21 heavy (non-hydrogen) atoms. The predicted octanol–water partition coefficient (Wildman–Crippen LogP) is 2.77. The smallest absolute Gasteiger partial charge is 0.139 e. The number of fused-ring (bicyclic) bond motifs is 1. The zero-order valence-corrected chi connectivity index (χ0v) is 12.4. The summed E-state index contributed by atoms with van der Waals surface area (Å²) in [6.45, 7) is 5.25. The van der Waals surface area contributed by atoms with Crippen molar-refractivity contribution in [2.45, 2.75) is 13.3 Å². The molecule has 1 aromatic heterocycles. The van der Waals surface area contributed by atoms with Crippen LogP contribution in [0.1, 0.15) is 12.5 Å². The monoisotopic (exact) mass is 283 g/mol. The number of anilines is 2. The van der Waals surface area contributed by atoms with Gasteiger partial charge in [-0.3, -0.25) is 0 Å². The third-order valence-corrected chi connectivity index (χ3v) is 3.90. The summed E-state index contributed by atoms with van der Waals surface area (Å²) in [7, 11) is 0. The number of hydrogen-bond donors (Lipinski definition) is 1. The highest BCUT2D eigenvalue weighted by molar-refractivity contribution is 5.97. The van der Waals surface area contributed by atoms with Crippen LogP contribution in [0, 0.1) is 0 Å². The first-order valence-electron chi connectivity index (χ1n) is 7.42. The van der Waals surface area contributed by atoms with Crippen molar-refractivity contribution in [2.75, 3.05) is 36.9 Å². The van der Waals surface area contributed by atoms with Crippen LogP contribution in [0.25, 0.3) is 10.8 Å². The first-order valence-corrected chi connectivity index (χ1v) is 7.42. The number of morpholine rings is 1. The summed E-state index contributed by atoms with van der Waals surface area (Å²) >= 11 is 0. The molecule has 110 valence electrons. The molecule has 0 atom stereocenters. The Morgan fingerprint density at radius 3 is 2.67 bits per heavy atom. The van der Waals surface area contributed by atoms with Crippen molar-refractivity contribution in [2.24, 2.45) is 0 Å². The first-order chi connectivity index (χ1) is 10.3. The van der Waals surface area contributed by atoms with Gasteiger partial charge in [0.2, 0.25) is 0 Å². The predicted molar refractivity (Wildman–Crippen MR) is 87.7 cm³/mol. The van der Waals surface area contributed by atoms with Crippen LogP contribution in [0.5, 0.6) is 0 Å². The fraction of sp³-hybridized carbons (Fsp3) is 0.353. The van der Waals surface area contributed by atoms with Gasteiger partial charge in [-0.05, 0) is 18.7 Å². The molecule has 2 N–H and O–H groups in total. The zero-order valence-electron chi connectivity index (χ0n) is 12.4. The van der Waals surface area contributed by atoms with Gasteiger partial charge in [-0.2, -0.15) is 0 Å². The van der Waals surface area contributed by atoms with Crippen LogP contribution in [0.3, 0.4) is 0 Å². The maximum Gasteiger partial charge on any atom is 0.139 e. The summed E-state index contributed by atoms with van der Waals surface area (Å²) in [5.74, 6) is 1.61. The average Bonchev–Trinajstić information content (AvgIpc) is 2.54. The number of allylic oxidation sites excluding steroid dienone is 2. The van der Waals surface area contributed by atoms with Crippen LogP contribution in [0.4, 0.5) is 11.6 Å². The maximum atomic E-state index is 6.23. The van der Waals surface area contributed by atoms with Gasteiger partial charge in [0.25, 0.3) is 0 Å². The zero-order chi connectivity index (χ0) is 14.7. The van der Waals surface area contributed by atoms with Crippen molar-refractivity contribution in [3.8, 4) is 0 Å². The van der Waals surface area contributed by atoms with Crippen LogP contribution in [0.15, 0.2) is 36.4 Å². The molecule has 1 aliphatic heterocycles. The standard InChI is InChI=1S/C17H21N3O/c1-2-3-6-14-13-7-4-5-8-15(13)17(19-16(14)18)20-9-11-21-12-10-20/h2-5,7-8H,6,9-12H2,1H3,(H2,18,19)/b3-2+.